The Balaban J connectivity index is 2.88. The second-order valence-electron chi connectivity index (χ2n) is 4.68. The van der Waals surface area contributed by atoms with Crippen molar-refractivity contribution in [2.24, 2.45) is 0 Å². The molecule has 22 heavy (non-hydrogen) atoms. The van der Waals surface area contributed by atoms with Gasteiger partial charge in [-0.15, -0.1) is 0 Å². The molecule has 2 amide bonds. The van der Waals surface area contributed by atoms with Gasteiger partial charge in [0, 0.05) is 25.7 Å². The van der Waals surface area contributed by atoms with Crippen LogP contribution in [0, 0.1) is 10.1 Å². The predicted octanol–water partition coefficient (Wildman–Crippen LogP) is 1.80. The summed E-state index contributed by atoms with van der Waals surface area (Å²) in [5.41, 5.74) is -0.123. The fraction of sp³-hybridized carbons (Fsp3) is 0.429. The van der Waals surface area contributed by atoms with Crippen molar-refractivity contribution in [2.45, 2.75) is 19.8 Å². The topological polar surface area (TPSA) is 102 Å². The van der Waals surface area contributed by atoms with E-state index < -0.39 is 16.7 Å². The Kier molecular flexibility index (Phi) is 6.30. The molecule has 1 aromatic carbocycles. The number of carbonyl (C=O) groups is 2. The molecule has 0 atom stereocenters. The number of methoxy groups -OCH3 is 1. The number of non-ortho nitro benzene ring substituents is 1. The Morgan fingerprint density at radius 3 is 2.64 bits per heavy atom. The summed E-state index contributed by atoms with van der Waals surface area (Å²) in [6.07, 6.45) is 1.69. The lowest BCUT2D eigenvalue weighted by Crippen LogP contribution is -2.37. The Morgan fingerprint density at radius 1 is 1.41 bits per heavy atom. The van der Waals surface area contributed by atoms with Crippen molar-refractivity contribution in [1.29, 1.82) is 0 Å². The number of nitro benzene ring substituents is 1. The van der Waals surface area contributed by atoms with Gasteiger partial charge in [-0.3, -0.25) is 19.7 Å². The molecule has 0 bridgehead atoms. The first-order valence-corrected chi connectivity index (χ1v) is 6.79. The molecular formula is C14H19N3O5. The number of benzene rings is 1. The van der Waals surface area contributed by atoms with Crippen LogP contribution in [0.3, 0.4) is 0 Å². The van der Waals surface area contributed by atoms with Gasteiger partial charge in [-0.2, -0.15) is 0 Å². The van der Waals surface area contributed by atoms with Crippen LogP contribution in [0.2, 0.25) is 0 Å². The molecule has 0 aliphatic rings. The number of nitrogens with one attached hydrogen (secondary N) is 1. The van der Waals surface area contributed by atoms with Crippen LogP contribution in [-0.4, -0.2) is 42.3 Å². The first-order chi connectivity index (χ1) is 10.4. The lowest BCUT2D eigenvalue weighted by Gasteiger charge is -2.16. The maximum atomic E-state index is 11.9. The zero-order valence-corrected chi connectivity index (χ0v) is 12.8. The molecule has 120 valence electrons. The van der Waals surface area contributed by atoms with E-state index >= 15 is 0 Å². The number of unbranched alkanes of at least 4 members (excludes halogenated alkanes) is 1. The molecule has 8 nitrogen and oxygen atoms in total. The van der Waals surface area contributed by atoms with Crippen LogP contribution in [0.5, 0.6) is 5.75 Å². The number of nitrogens with zero attached hydrogens (tertiary/aromatic N) is 2. The van der Waals surface area contributed by atoms with Gasteiger partial charge in [0.2, 0.25) is 0 Å². The van der Waals surface area contributed by atoms with E-state index in [0.717, 1.165) is 18.9 Å². The Labute approximate surface area is 128 Å². The third-order valence-electron chi connectivity index (χ3n) is 3.03. The number of rotatable bonds is 6. The lowest BCUT2D eigenvalue weighted by atomic mass is 10.2. The highest BCUT2D eigenvalue weighted by Gasteiger charge is 2.21. The number of likely N-dealkylation sites (N-methyl/N-ethyl adjacent to an activating group) is 1. The standard InChI is InChI=1S/C14H19N3O5/c1-4-5-8-16(2)14(19)13(18)15-11-9-10(17(20)21)6-7-12(11)22-3/h6-7,9H,4-5,8H2,1-3H3,(H,15,18). The minimum absolute atomic E-state index is 0.0824. The van der Waals surface area contributed by atoms with Gasteiger partial charge in [-0.1, -0.05) is 13.3 Å². The SMILES string of the molecule is CCCCN(C)C(=O)C(=O)Nc1cc([N+](=O)[O-])ccc1OC. The largest absolute Gasteiger partial charge is 0.495 e. The van der Waals surface area contributed by atoms with Crippen LogP contribution in [0.15, 0.2) is 18.2 Å². The van der Waals surface area contributed by atoms with Gasteiger partial charge in [-0.05, 0) is 12.5 Å². The summed E-state index contributed by atoms with van der Waals surface area (Å²) >= 11 is 0. The number of ether oxygens (including phenoxy) is 1. The number of nitro groups is 1. The lowest BCUT2D eigenvalue weighted by molar-refractivity contribution is -0.384. The van der Waals surface area contributed by atoms with Gasteiger partial charge in [0.1, 0.15) is 5.75 Å². The molecule has 0 saturated carbocycles. The van der Waals surface area contributed by atoms with Gasteiger partial charge in [0.15, 0.2) is 0 Å². The molecule has 0 heterocycles. The summed E-state index contributed by atoms with van der Waals surface area (Å²) in [5, 5.41) is 13.1. The van der Waals surface area contributed by atoms with Crippen molar-refractivity contribution in [2.75, 3.05) is 26.0 Å². The quantitative estimate of drug-likeness (QED) is 0.490. The van der Waals surface area contributed by atoms with Gasteiger partial charge in [0.05, 0.1) is 17.7 Å². The van der Waals surface area contributed by atoms with Crippen LogP contribution in [0.4, 0.5) is 11.4 Å². The van der Waals surface area contributed by atoms with Crippen LogP contribution < -0.4 is 10.1 Å². The summed E-state index contributed by atoms with van der Waals surface area (Å²) < 4.78 is 5.02. The van der Waals surface area contributed by atoms with E-state index in [-0.39, 0.29) is 17.1 Å². The number of hydrogen-bond donors (Lipinski definition) is 1. The van der Waals surface area contributed by atoms with E-state index in [4.69, 9.17) is 4.74 Å². The molecule has 0 aliphatic carbocycles. The van der Waals surface area contributed by atoms with Crippen molar-refractivity contribution in [1.82, 2.24) is 4.90 Å². The molecule has 0 aromatic heterocycles. The smallest absolute Gasteiger partial charge is 0.313 e. The number of hydrogen-bond acceptors (Lipinski definition) is 5. The Morgan fingerprint density at radius 2 is 2.09 bits per heavy atom. The van der Waals surface area contributed by atoms with Gasteiger partial charge in [0.25, 0.3) is 5.69 Å². The summed E-state index contributed by atoms with van der Waals surface area (Å²) in [6.45, 7) is 2.45. The first kappa shape index (κ1) is 17.4. The molecule has 0 radical (unpaired) electrons. The molecule has 1 N–H and O–H groups in total. The highest BCUT2D eigenvalue weighted by atomic mass is 16.6. The van der Waals surface area contributed by atoms with E-state index in [0.29, 0.717) is 6.54 Å². The van der Waals surface area contributed by atoms with E-state index in [1.165, 1.54) is 31.2 Å². The maximum Gasteiger partial charge on any atom is 0.313 e. The Bertz CT molecular complexity index is 574. The molecule has 0 fully saturated rings. The van der Waals surface area contributed by atoms with Gasteiger partial charge >= 0.3 is 11.8 Å². The van der Waals surface area contributed by atoms with E-state index in [9.17, 15) is 19.7 Å². The molecule has 1 aromatic rings. The van der Waals surface area contributed by atoms with Crippen molar-refractivity contribution < 1.29 is 19.2 Å². The van der Waals surface area contributed by atoms with Crippen molar-refractivity contribution in [3.8, 4) is 5.75 Å². The van der Waals surface area contributed by atoms with Crippen LogP contribution in [0.25, 0.3) is 0 Å². The van der Waals surface area contributed by atoms with Gasteiger partial charge in [-0.25, -0.2) is 0 Å². The van der Waals surface area contributed by atoms with Crippen LogP contribution in [-0.2, 0) is 9.59 Å². The summed E-state index contributed by atoms with van der Waals surface area (Å²) in [7, 11) is 2.90. The first-order valence-electron chi connectivity index (χ1n) is 6.79. The average Bonchev–Trinajstić information content (AvgIpc) is 2.51. The fourth-order valence-corrected chi connectivity index (χ4v) is 1.75. The molecule has 0 unspecified atom stereocenters. The van der Waals surface area contributed by atoms with Crippen LogP contribution in [0.1, 0.15) is 19.8 Å². The predicted molar refractivity (Wildman–Crippen MR) is 80.8 cm³/mol. The second kappa shape index (κ2) is 7.96. The summed E-state index contributed by atoms with van der Waals surface area (Å²) in [6, 6.07) is 3.76. The van der Waals surface area contributed by atoms with Gasteiger partial charge < -0.3 is 15.0 Å². The zero-order chi connectivity index (χ0) is 16.7. The zero-order valence-electron chi connectivity index (χ0n) is 12.8. The molecule has 1 rings (SSSR count). The minimum atomic E-state index is -0.864. The summed E-state index contributed by atoms with van der Waals surface area (Å²) in [4.78, 5) is 35.3. The Hall–Kier alpha value is -2.64. The van der Waals surface area contributed by atoms with E-state index in [1.54, 1.807) is 0 Å². The average molecular weight is 309 g/mol. The third kappa shape index (κ3) is 4.44. The molecule has 0 aliphatic heterocycles. The normalized spacial score (nSPS) is 9.95. The van der Waals surface area contributed by atoms with Crippen molar-refractivity contribution in [3.05, 3.63) is 28.3 Å². The van der Waals surface area contributed by atoms with E-state index in [2.05, 4.69) is 5.32 Å². The number of anilines is 1. The molecular weight excluding hydrogens is 290 g/mol. The fourth-order valence-electron chi connectivity index (χ4n) is 1.75. The highest BCUT2D eigenvalue weighted by Crippen LogP contribution is 2.28. The highest BCUT2D eigenvalue weighted by molar-refractivity contribution is 6.39. The number of amides is 2. The minimum Gasteiger partial charge on any atom is -0.495 e. The van der Waals surface area contributed by atoms with Crippen molar-refractivity contribution >= 4 is 23.2 Å². The summed E-state index contributed by atoms with van der Waals surface area (Å²) in [5.74, 6) is -1.33. The molecule has 0 saturated heterocycles. The molecule has 8 heteroatoms. The maximum absolute atomic E-state index is 11.9. The monoisotopic (exact) mass is 309 g/mol. The van der Waals surface area contributed by atoms with Crippen LogP contribution >= 0.6 is 0 Å². The number of carbonyl (C=O) groups excluding carboxylic acids is 2. The van der Waals surface area contributed by atoms with E-state index in [1.807, 2.05) is 6.92 Å². The second-order valence-corrected chi connectivity index (χ2v) is 4.68. The van der Waals surface area contributed by atoms with Crippen molar-refractivity contribution in [3.63, 3.8) is 0 Å². The molecule has 0 spiro atoms. The third-order valence-corrected chi connectivity index (χ3v) is 3.03.